The molecule has 0 bridgehead atoms. The summed E-state index contributed by atoms with van der Waals surface area (Å²) in [5.74, 6) is 0.144. The number of carbonyl (C=O) groups is 1. The van der Waals surface area contributed by atoms with Crippen molar-refractivity contribution in [3.05, 3.63) is 42.5 Å². The highest BCUT2D eigenvalue weighted by Crippen LogP contribution is 2.32. The third-order valence-corrected chi connectivity index (χ3v) is 4.96. The van der Waals surface area contributed by atoms with Crippen molar-refractivity contribution >= 4 is 16.9 Å². The van der Waals surface area contributed by atoms with Crippen molar-refractivity contribution in [2.75, 3.05) is 13.2 Å². The fourth-order valence-electron chi connectivity index (χ4n) is 3.47. The molecular weight excluding hydrogens is 401 g/mol. The van der Waals surface area contributed by atoms with E-state index >= 15 is 0 Å². The number of carbonyl (C=O) groups excluding carboxylic acids is 1. The third kappa shape index (κ3) is 4.34. The number of aromatic nitrogens is 1. The molecule has 1 aromatic heterocycles. The van der Waals surface area contributed by atoms with Gasteiger partial charge in [0, 0.05) is 13.0 Å². The van der Waals surface area contributed by atoms with Crippen LogP contribution in [0.3, 0.4) is 0 Å². The van der Waals surface area contributed by atoms with Crippen LogP contribution in [0, 0.1) is 0 Å². The van der Waals surface area contributed by atoms with Crippen LogP contribution >= 0.6 is 0 Å². The maximum atomic E-state index is 12.3. The molecular formula is C21H19F3N2O4. The second-order valence-electron chi connectivity index (χ2n) is 7.12. The first-order valence-corrected chi connectivity index (χ1v) is 9.48. The third-order valence-electron chi connectivity index (χ3n) is 4.96. The van der Waals surface area contributed by atoms with Crippen LogP contribution in [-0.2, 0) is 4.79 Å². The minimum Gasteiger partial charge on any atom is -0.473 e. The number of alkyl halides is 3. The van der Waals surface area contributed by atoms with Crippen molar-refractivity contribution in [3.8, 4) is 22.8 Å². The molecule has 0 spiro atoms. The van der Waals surface area contributed by atoms with Crippen molar-refractivity contribution in [2.24, 2.45) is 0 Å². The number of hydrogen-bond donors (Lipinski definition) is 0. The predicted octanol–water partition coefficient (Wildman–Crippen LogP) is 4.78. The van der Waals surface area contributed by atoms with Gasteiger partial charge in [0.2, 0.25) is 5.91 Å². The van der Waals surface area contributed by atoms with E-state index in [9.17, 15) is 18.0 Å². The normalized spacial score (nSPS) is 15.6. The Morgan fingerprint density at radius 1 is 1.17 bits per heavy atom. The van der Waals surface area contributed by atoms with Gasteiger partial charge in [-0.1, -0.05) is 18.2 Å². The van der Waals surface area contributed by atoms with Gasteiger partial charge in [-0.05, 0) is 53.9 Å². The van der Waals surface area contributed by atoms with Gasteiger partial charge in [0.05, 0.1) is 11.4 Å². The Hall–Kier alpha value is -3.23. The fourth-order valence-corrected chi connectivity index (χ4v) is 3.47. The number of likely N-dealkylation sites (tertiary alicyclic amines) is 1. The first-order chi connectivity index (χ1) is 14.3. The number of rotatable bonds is 6. The van der Waals surface area contributed by atoms with Crippen LogP contribution in [0.4, 0.5) is 13.2 Å². The molecule has 6 nitrogen and oxygen atoms in total. The van der Waals surface area contributed by atoms with Gasteiger partial charge in [0.15, 0.2) is 5.58 Å². The summed E-state index contributed by atoms with van der Waals surface area (Å²) in [5.41, 5.74) is 1.99. The molecule has 2 heterocycles. The lowest BCUT2D eigenvalue weighted by atomic mass is 10.0. The highest BCUT2D eigenvalue weighted by molar-refractivity contribution is 5.87. The van der Waals surface area contributed by atoms with Crippen LogP contribution in [0.15, 0.2) is 47.0 Å². The number of halogens is 3. The highest BCUT2D eigenvalue weighted by atomic mass is 19.4. The smallest absolute Gasteiger partial charge is 0.473 e. The fraction of sp³-hybridized carbons (Fsp3) is 0.333. The lowest BCUT2D eigenvalue weighted by Crippen LogP contribution is -2.38. The van der Waals surface area contributed by atoms with Crippen molar-refractivity contribution in [3.63, 3.8) is 0 Å². The minimum absolute atomic E-state index is 0.0869. The molecule has 0 N–H and O–H groups in total. The molecule has 1 amide bonds. The number of amides is 1. The first kappa shape index (κ1) is 20.1. The molecule has 2 aromatic carbocycles. The Labute approximate surface area is 170 Å². The number of hydrogen-bond acceptors (Lipinski definition) is 5. The molecule has 4 rings (SSSR count). The second-order valence-corrected chi connectivity index (χ2v) is 7.12. The minimum atomic E-state index is -4.73. The molecule has 0 radical (unpaired) electrons. The Morgan fingerprint density at radius 3 is 2.57 bits per heavy atom. The van der Waals surface area contributed by atoms with Gasteiger partial charge in [0.25, 0.3) is 5.88 Å². The largest absolute Gasteiger partial charge is 0.573 e. The zero-order chi connectivity index (χ0) is 21.3. The maximum absolute atomic E-state index is 12.3. The monoisotopic (exact) mass is 420 g/mol. The van der Waals surface area contributed by atoms with Crippen LogP contribution < -0.4 is 9.47 Å². The molecule has 1 saturated heterocycles. The molecule has 0 unspecified atom stereocenters. The molecule has 3 aromatic rings. The zero-order valence-corrected chi connectivity index (χ0v) is 16.1. The van der Waals surface area contributed by atoms with Crippen LogP contribution in [0.2, 0.25) is 0 Å². The Balaban J connectivity index is 1.50. The van der Waals surface area contributed by atoms with Gasteiger partial charge in [0.1, 0.15) is 12.4 Å². The van der Waals surface area contributed by atoms with Crippen molar-refractivity contribution in [2.45, 2.75) is 32.2 Å². The van der Waals surface area contributed by atoms with Gasteiger partial charge in [-0.3, -0.25) is 4.79 Å². The average molecular weight is 420 g/mol. The van der Waals surface area contributed by atoms with Crippen LogP contribution in [0.25, 0.3) is 22.1 Å². The molecule has 1 atom stereocenters. The number of ether oxygens (including phenoxy) is 2. The molecule has 1 aliphatic rings. The summed E-state index contributed by atoms with van der Waals surface area (Å²) < 4.78 is 52.0. The van der Waals surface area contributed by atoms with E-state index < -0.39 is 6.36 Å². The van der Waals surface area contributed by atoms with E-state index in [0.29, 0.717) is 28.8 Å². The van der Waals surface area contributed by atoms with Gasteiger partial charge < -0.3 is 18.9 Å². The van der Waals surface area contributed by atoms with E-state index in [1.54, 1.807) is 23.1 Å². The summed E-state index contributed by atoms with van der Waals surface area (Å²) in [7, 11) is 0. The quantitative estimate of drug-likeness (QED) is 0.574. The number of fused-ring (bicyclic) bond motifs is 1. The summed E-state index contributed by atoms with van der Waals surface area (Å²) in [4.78, 5) is 13.6. The van der Waals surface area contributed by atoms with Gasteiger partial charge in [-0.15, -0.1) is 13.2 Å². The van der Waals surface area contributed by atoms with E-state index in [0.717, 1.165) is 18.5 Å². The van der Waals surface area contributed by atoms with Crippen LogP contribution in [0.1, 0.15) is 19.8 Å². The number of benzene rings is 2. The Bertz CT molecular complexity index is 1050. The summed E-state index contributed by atoms with van der Waals surface area (Å²) in [6, 6.07) is 10.8. The van der Waals surface area contributed by atoms with Crippen molar-refractivity contribution in [1.82, 2.24) is 10.1 Å². The highest BCUT2D eigenvalue weighted by Gasteiger charge is 2.31. The Morgan fingerprint density at radius 2 is 1.90 bits per heavy atom. The van der Waals surface area contributed by atoms with E-state index in [1.165, 1.54) is 24.3 Å². The number of nitrogens with zero attached hydrogens (tertiary/aromatic N) is 2. The van der Waals surface area contributed by atoms with Gasteiger partial charge in [-0.2, -0.15) is 0 Å². The molecule has 1 fully saturated rings. The molecule has 0 saturated carbocycles. The lowest BCUT2D eigenvalue weighted by Gasteiger charge is -2.23. The topological polar surface area (TPSA) is 64.8 Å². The van der Waals surface area contributed by atoms with Gasteiger partial charge >= 0.3 is 6.36 Å². The average Bonchev–Trinajstić information content (AvgIpc) is 3.31. The van der Waals surface area contributed by atoms with E-state index in [2.05, 4.69) is 9.89 Å². The molecule has 158 valence electrons. The molecule has 0 aliphatic carbocycles. The summed E-state index contributed by atoms with van der Waals surface area (Å²) in [5, 5.41) is 4.60. The van der Waals surface area contributed by atoms with E-state index in [1.807, 2.05) is 6.92 Å². The predicted molar refractivity (Wildman–Crippen MR) is 102 cm³/mol. The summed E-state index contributed by atoms with van der Waals surface area (Å²) in [6.45, 7) is 2.92. The molecule has 9 heteroatoms. The van der Waals surface area contributed by atoms with Crippen LogP contribution in [-0.4, -0.2) is 41.5 Å². The van der Waals surface area contributed by atoms with Crippen LogP contribution in [0.5, 0.6) is 11.6 Å². The van der Waals surface area contributed by atoms with Gasteiger partial charge in [-0.25, -0.2) is 0 Å². The lowest BCUT2D eigenvalue weighted by molar-refractivity contribution is -0.274. The van der Waals surface area contributed by atoms with Crippen molar-refractivity contribution in [1.29, 1.82) is 0 Å². The Kier molecular flexibility index (Phi) is 5.27. The van der Waals surface area contributed by atoms with E-state index in [4.69, 9.17) is 9.26 Å². The standard InChI is InChI=1S/C21H19F3N2O4/c1-13(26-10-2-3-19(26)27)12-28-20-17-11-15(6-9-18(17)30-25-20)14-4-7-16(8-5-14)29-21(22,23)24/h4-9,11,13H,2-3,10,12H2,1H3/t13-/m1/s1. The molecule has 1 aliphatic heterocycles. The van der Waals surface area contributed by atoms with E-state index in [-0.39, 0.29) is 24.3 Å². The maximum Gasteiger partial charge on any atom is 0.573 e. The van der Waals surface area contributed by atoms with Crippen molar-refractivity contribution < 1.29 is 32.0 Å². The molecule has 30 heavy (non-hydrogen) atoms. The summed E-state index contributed by atoms with van der Waals surface area (Å²) >= 11 is 0. The first-order valence-electron chi connectivity index (χ1n) is 9.48. The zero-order valence-electron chi connectivity index (χ0n) is 16.1. The second kappa shape index (κ2) is 7.89. The SMILES string of the molecule is C[C@H](COc1noc2ccc(-c3ccc(OC(F)(F)F)cc3)cc12)N1CCCC1=O. The summed E-state index contributed by atoms with van der Waals surface area (Å²) in [6.07, 6.45) is -3.31.